The minimum Gasteiger partial charge on any atom is -0.383 e. The zero-order chi connectivity index (χ0) is 15.6. The van der Waals surface area contributed by atoms with Crippen molar-refractivity contribution < 1.29 is 9.53 Å². The molecule has 1 N–H and O–H groups in total. The predicted molar refractivity (Wildman–Crippen MR) is 84.1 cm³/mol. The molecule has 2 rings (SSSR count). The van der Waals surface area contributed by atoms with Gasteiger partial charge in [-0.1, -0.05) is 30.7 Å². The van der Waals surface area contributed by atoms with Crippen molar-refractivity contribution in [1.29, 1.82) is 0 Å². The molecule has 0 bridgehead atoms. The first-order valence-electron chi connectivity index (χ1n) is 7.63. The Morgan fingerprint density at radius 2 is 2.10 bits per heavy atom. The molecule has 1 aromatic rings. The standard InChI is InChI=1S/C17H26N2O2/c1-6-14(10-21-5)19-16(18-13(4)17(19)20)15-9-11(2)7-8-12(15)3/h7-9,13-14,16,18H,6,10H2,1-5H3. The number of hydrogen-bond acceptors (Lipinski definition) is 3. The Labute approximate surface area is 127 Å². The molecule has 1 aliphatic rings. The van der Waals surface area contributed by atoms with Gasteiger partial charge in [0.1, 0.15) is 6.17 Å². The molecule has 1 aromatic carbocycles. The Morgan fingerprint density at radius 1 is 1.38 bits per heavy atom. The zero-order valence-corrected chi connectivity index (χ0v) is 13.6. The van der Waals surface area contributed by atoms with E-state index in [1.165, 1.54) is 16.7 Å². The molecule has 0 radical (unpaired) electrons. The van der Waals surface area contributed by atoms with Crippen LogP contribution in [0, 0.1) is 13.8 Å². The first-order chi connectivity index (χ1) is 9.99. The minimum atomic E-state index is -0.152. The van der Waals surface area contributed by atoms with E-state index >= 15 is 0 Å². The summed E-state index contributed by atoms with van der Waals surface area (Å²) in [6.45, 7) is 8.78. The molecule has 116 valence electrons. The van der Waals surface area contributed by atoms with E-state index in [1.54, 1.807) is 7.11 Å². The molecule has 0 aromatic heterocycles. The first-order valence-corrected chi connectivity index (χ1v) is 7.63. The van der Waals surface area contributed by atoms with Gasteiger partial charge in [-0.3, -0.25) is 10.1 Å². The van der Waals surface area contributed by atoms with Gasteiger partial charge in [0.25, 0.3) is 0 Å². The van der Waals surface area contributed by atoms with Gasteiger partial charge in [0.2, 0.25) is 5.91 Å². The second-order valence-electron chi connectivity index (χ2n) is 5.91. The number of hydrogen-bond donors (Lipinski definition) is 1. The van der Waals surface area contributed by atoms with Crippen LogP contribution in [0.2, 0.25) is 0 Å². The summed E-state index contributed by atoms with van der Waals surface area (Å²) in [6, 6.07) is 6.35. The summed E-state index contributed by atoms with van der Waals surface area (Å²) >= 11 is 0. The molecule has 1 saturated heterocycles. The van der Waals surface area contributed by atoms with Gasteiger partial charge >= 0.3 is 0 Å². The van der Waals surface area contributed by atoms with Gasteiger partial charge in [-0.15, -0.1) is 0 Å². The molecule has 0 saturated carbocycles. The number of nitrogens with zero attached hydrogens (tertiary/aromatic N) is 1. The topological polar surface area (TPSA) is 41.6 Å². The smallest absolute Gasteiger partial charge is 0.241 e. The summed E-state index contributed by atoms with van der Waals surface area (Å²) in [5.41, 5.74) is 3.60. The number of rotatable bonds is 5. The number of carbonyl (C=O) groups excluding carboxylic acids is 1. The van der Waals surface area contributed by atoms with E-state index in [0.717, 1.165) is 6.42 Å². The molecule has 1 fully saturated rings. The van der Waals surface area contributed by atoms with Gasteiger partial charge in [0.15, 0.2) is 0 Å². The Kier molecular flexibility index (Phi) is 5.01. The monoisotopic (exact) mass is 290 g/mol. The SMILES string of the molecule is CCC(COC)N1C(=O)C(C)NC1c1cc(C)ccc1C. The van der Waals surface area contributed by atoms with Crippen LogP contribution in [-0.4, -0.2) is 36.6 Å². The highest BCUT2D eigenvalue weighted by Gasteiger charge is 2.41. The molecule has 0 aliphatic carbocycles. The van der Waals surface area contributed by atoms with E-state index in [4.69, 9.17) is 4.74 Å². The number of aryl methyl sites for hydroxylation is 2. The van der Waals surface area contributed by atoms with E-state index in [-0.39, 0.29) is 24.2 Å². The summed E-state index contributed by atoms with van der Waals surface area (Å²) in [4.78, 5) is 14.5. The molecule has 21 heavy (non-hydrogen) atoms. The quantitative estimate of drug-likeness (QED) is 0.906. The number of methoxy groups -OCH3 is 1. The normalized spacial score (nSPS) is 23.7. The molecule has 4 heteroatoms. The zero-order valence-electron chi connectivity index (χ0n) is 13.6. The largest absolute Gasteiger partial charge is 0.383 e. The van der Waals surface area contributed by atoms with E-state index in [9.17, 15) is 4.79 Å². The Morgan fingerprint density at radius 3 is 2.71 bits per heavy atom. The van der Waals surface area contributed by atoms with E-state index < -0.39 is 0 Å². The first kappa shape index (κ1) is 16.0. The lowest BCUT2D eigenvalue weighted by molar-refractivity contribution is -0.133. The van der Waals surface area contributed by atoms with Crippen LogP contribution in [0.15, 0.2) is 18.2 Å². The lowest BCUT2D eigenvalue weighted by Crippen LogP contribution is -2.42. The van der Waals surface area contributed by atoms with Gasteiger partial charge in [-0.2, -0.15) is 0 Å². The molecular formula is C17H26N2O2. The summed E-state index contributed by atoms with van der Waals surface area (Å²) in [6.07, 6.45) is 0.822. The maximum absolute atomic E-state index is 12.6. The molecule has 4 nitrogen and oxygen atoms in total. The van der Waals surface area contributed by atoms with Crippen molar-refractivity contribution in [3.63, 3.8) is 0 Å². The second kappa shape index (κ2) is 6.58. The van der Waals surface area contributed by atoms with Crippen molar-refractivity contribution in [1.82, 2.24) is 10.2 Å². The van der Waals surface area contributed by atoms with E-state index in [2.05, 4.69) is 44.3 Å². The average molecular weight is 290 g/mol. The molecule has 1 heterocycles. The fourth-order valence-corrected chi connectivity index (χ4v) is 3.01. The van der Waals surface area contributed by atoms with Crippen molar-refractivity contribution in [2.45, 2.75) is 52.4 Å². The number of nitrogens with one attached hydrogen (secondary N) is 1. The van der Waals surface area contributed by atoms with Crippen molar-refractivity contribution in [2.75, 3.05) is 13.7 Å². The van der Waals surface area contributed by atoms with Crippen molar-refractivity contribution >= 4 is 5.91 Å². The highest BCUT2D eigenvalue weighted by atomic mass is 16.5. The molecule has 1 amide bonds. The van der Waals surface area contributed by atoms with Crippen LogP contribution < -0.4 is 5.32 Å². The van der Waals surface area contributed by atoms with Crippen LogP contribution in [0.3, 0.4) is 0 Å². The third-order valence-corrected chi connectivity index (χ3v) is 4.26. The van der Waals surface area contributed by atoms with Gasteiger partial charge in [-0.05, 0) is 38.3 Å². The number of carbonyl (C=O) groups is 1. The molecule has 3 unspecified atom stereocenters. The number of amides is 1. The summed E-state index contributed by atoms with van der Waals surface area (Å²) < 4.78 is 5.31. The van der Waals surface area contributed by atoms with Crippen LogP contribution >= 0.6 is 0 Å². The summed E-state index contributed by atoms with van der Waals surface area (Å²) in [7, 11) is 1.69. The fourth-order valence-electron chi connectivity index (χ4n) is 3.01. The average Bonchev–Trinajstić information content (AvgIpc) is 2.75. The number of ether oxygens (including phenoxy) is 1. The second-order valence-corrected chi connectivity index (χ2v) is 5.91. The predicted octanol–water partition coefficient (Wildman–Crippen LogP) is 2.55. The lowest BCUT2D eigenvalue weighted by Gasteiger charge is -2.33. The van der Waals surface area contributed by atoms with Crippen LogP contribution in [0.4, 0.5) is 0 Å². The summed E-state index contributed by atoms with van der Waals surface area (Å²) in [5, 5.41) is 3.43. The van der Waals surface area contributed by atoms with Crippen molar-refractivity contribution in [3.05, 3.63) is 34.9 Å². The fraction of sp³-hybridized carbons (Fsp3) is 0.588. The third kappa shape index (κ3) is 3.11. The lowest BCUT2D eigenvalue weighted by atomic mass is 10.0. The molecule has 1 aliphatic heterocycles. The van der Waals surface area contributed by atoms with Gasteiger partial charge in [0, 0.05) is 7.11 Å². The highest BCUT2D eigenvalue weighted by Crippen LogP contribution is 2.31. The molecule has 0 spiro atoms. The van der Waals surface area contributed by atoms with Gasteiger partial charge < -0.3 is 9.64 Å². The molecular weight excluding hydrogens is 264 g/mol. The van der Waals surface area contributed by atoms with Crippen molar-refractivity contribution in [3.8, 4) is 0 Å². The van der Waals surface area contributed by atoms with E-state index in [0.29, 0.717) is 6.61 Å². The van der Waals surface area contributed by atoms with Gasteiger partial charge in [0.05, 0.1) is 18.7 Å². The Hall–Kier alpha value is -1.39. The Balaban J connectivity index is 2.39. The van der Waals surface area contributed by atoms with Crippen LogP contribution in [0.25, 0.3) is 0 Å². The maximum atomic E-state index is 12.6. The maximum Gasteiger partial charge on any atom is 0.241 e. The third-order valence-electron chi connectivity index (χ3n) is 4.26. The van der Waals surface area contributed by atoms with Crippen LogP contribution in [-0.2, 0) is 9.53 Å². The van der Waals surface area contributed by atoms with Crippen molar-refractivity contribution in [2.24, 2.45) is 0 Å². The van der Waals surface area contributed by atoms with Crippen LogP contribution in [0.5, 0.6) is 0 Å². The molecule has 3 atom stereocenters. The highest BCUT2D eigenvalue weighted by molar-refractivity contribution is 5.84. The van der Waals surface area contributed by atoms with Crippen LogP contribution in [0.1, 0.15) is 43.1 Å². The minimum absolute atomic E-state index is 0.0625. The van der Waals surface area contributed by atoms with Gasteiger partial charge in [-0.25, -0.2) is 0 Å². The summed E-state index contributed by atoms with van der Waals surface area (Å²) in [5.74, 6) is 0.157. The number of benzene rings is 1. The Bertz CT molecular complexity index is 516. The van der Waals surface area contributed by atoms with E-state index in [1.807, 2.05) is 11.8 Å².